The van der Waals surface area contributed by atoms with E-state index in [4.69, 9.17) is 9.29 Å². The second-order valence-corrected chi connectivity index (χ2v) is 6.12. The summed E-state index contributed by atoms with van der Waals surface area (Å²) in [5.41, 5.74) is 1.02. The van der Waals surface area contributed by atoms with Gasteiger partial charge in [0.25, 0.3) is 10.1 Å². The Morgan fingerprint density at radius 2 is 1.64 bits per heavy atom. The number of ether oxygens (including phenoxy) is 1. The molecule has 0 fully saturated rings. The molecule has 2 N–H and O–H groups in total. The second-order valence-electron chi connectivity index (χ2n) is 4.70. The molecule has 125 valence electrons. The summed E-state index contributed by atoms with van der Waals surface area (Å²) in [6.07, 6.45) is 0. The van der Waals surface area contributed by atoms with Crippen LogP contribution in [0.5, 0.6) is 5.75 Å². The SMILES string of the molecule is CCOC(=O)c1cc(C#Cc2ccc(S(=O)(=O)O)cc2)ccc1O.[K]. The van der Waals surface area contributed by atoms with E-state index in [9.17, 15) is 18.3 Å². The third-order valence-corrected chi connectivity index (χ3v) is 3.86. The number of rotatable bonds is 3. The van der Waals surface area contributed by atoms with E-state index in [0.717, 1.165) is 0 Å². The number of carbonyl (C=O) groups is 1. The van der Waals surface area contributed by atoms with E-state index in [1.54, 1.807) is 6.92 Å². The van der Waals surface area contributed by atoms with E-state index in [0.29, 0.717) is 11.1 Å². The molecule has 0 saturated heterocycles. The summed E-state index contributed by atoms with van der Waals surface area (Å²) in [7, 11) is -4.24. The molecule has 6 nitrogen and oxygen atoms in total. The van der Waals surface area contributed by atoms with Crippen molar-refractivity contribution in [1.82, 2.24) is 0 Å². The number of hydrogen-bond acceptors (Lipinski definition) is 5. The van der Waals surface area contributed by atoms with Gasteiger partial charge < -0.3 is 9.84 Å². The molecule has 0 heterocycles. The fourth-order valence-electron chi connectivity index (χ4n) is 1.84. The quantitative estimate of drug-likeness (QED) is 0.362. The molecule has 2 rings (SSSR count). The Labute approximate surface area is 188 Å². The minimum absolute atomic E-state index is 0. The van der Waals surface area contributed by atoms with Crippen molar-refractivity contribution in [3.8, 4) is 17.6 Å². The first kappa shape index (κ1) is 21.9. The fourth-order valence-corrected chi connectivity index (χ4v) is 2.32. The zero-order chi connectivity index (χ0) is 17.7. The molecular weight excluding hydrogens is 371 g/mol. The van der Waals surface area contributed by atoms with Crippen LogP contribution in [0.4, 0.5) is 0 Å². The summed E-state index contributed by atoms with van der Waals surface area (Å²) in [4.78, 5) is 11.5. The third kappa shape index (κ3) is 6.24. The van der Waals surface area contributed by atoms with Gasteiger partial charge in [-0.3, -0.25) is 4.55 Å². The topological polar surface area (TPSA) is 101 Å². The normalized spacial score (nSPS) is 10.2. The van der Waals surface area contributed by atoms with Crippen molar-refractivity contribution in [3.05, 3.63) is 59.2 Å². The van der Waals surface area contributed by atoms with Crippen LogP contribution in [0.15, 0.2) is 47.4 Å². The van der Waals surface area contributed by atoms with Crippen molar-refractivity contribution >= 4 is 67.5 Å². The van der Waals surface area contributed by atoms with Crippen LogP contribution in [0.2, 0.25) is 0 Å². The van der Waals surface area contributed by atoms with Gasteiger partial charge in [-0.1, -0.05) is 11.8 Å². The monoisotopic (exact) mass is 385 g/mol. The molecule has 0 amide bonds. The molecule has 25 heavy (non-hydrogen) atoms. The second kappa shape index (κ2) is 9.50. The standard InChI is InChI=1S/C17H14O6S.K/c1-2-23-17(19)15-11-13(7-10-16(15)18)4-3-12-5-8-14(9-6-12)24(20,21)22;/h5-11,18H,2H2,1H3,(H,20,21,22);. The Morgan fingerprint density at radius 1 is 1.08 bits per heavy atom. The molecule has 0 aromatic heterocycles. The maximum Gasteiger partial charge on any atom is 0.341 e. The van der Waals surface area contributed by atoms with E-state index >= 15 is 0 Å². The van der Waals surface area contributed by atoms with Crippen molar-refractivity contribution in [2.45, 2.75) is 11.8 Å². The smallest absolute Gasteiger partial charge is 0.341 e. The maximum absolute atomic E-state index is 11.7. The summed E-state index contributed by atoms with van der Waals surface area (Å²) in [5.74, 6) is 4.76. The molecule has 8 heteroatoms. The Hall–Kier alpha value is -1.18. The van der Waals surface area contributed by atoms with Gasteiger partial charge in [-0.25, -0.2) is 4.79 Å². The fraction of sp³-hybridized carbons (Fsp3) is 0.118. The van der Waals surface area contributed by atoms with Crippen LogP contribution in [0, 0.1) is 11.8 Å². The molecule has 2 aromatic rings. The number of hydrogen-bond donors (Lipinski definition) is 2. The van der Waals surface area contributed by atoms with Crippen LogP contribution >= 0.6 is 0 Å². The molecule has 1 radical (unpaired) electrons. The molecule has 0 saturated carbocycles. The number of phenols is 1. The predicted molar refractivity (Wildman–Crippen MR) is 92.1 cm³/mol. The average Bonchev–Trinajstić information content (AvgIpc) is 2.54. The summed E-state index contributed by atoms with van der Waals surface area (Å²) in [5, 5.41) is 9.69. The molecule has 2 aromatic carbocycles. The van der Waals surface area contributed by atoms with Gasteiger partial charge in [-0.2, -0.15) is 8.42 Å². The van der Waals surface area contributed by atoms with Crippen molar-refractivity contribution in [2.75, 3.05) is 6.61 Å². The minimum atomic E-state index is -4.24. The zero-order valence-corrected chi connectivity index (χ0v) is 17.6. The van der Waals surface area contributed by atoms with Crippen LogP contribution < -0.4 is 0 Å². The average molecular weight is 385 g/mol. The Kier molecular flexibility index (Phi) is 8.30. The van der Waals surface area contributed by atoms with Crippen molar-refractivity contribution in [2.24, 2.45) is 0 Å². The number of esters is 1. The van der Waals surface area contributed by atoms with Crippen LogP contribution in [0.25, 0.3) is 0 Å². The maximum atomic E-state index is 11.7. The van der Waals surface area contributed by atoms with Crippen molar-refractivity contribution in [3.63, 3.8) is 0 Å². The van der Waals surface area contributed by atoms with E-state index in [2.05, 4.69) is 11.8 Å². The summed E-state index contributed by atoms with van der Waals surface area (Å²) in [6.45, 7) is 1.85. The molecule has 0 aliphatic carbocycles. The largest absolute Gasteiger partial charge is 0.507 e. The number of carbonyl (C=O) groups excluding carboxylic acids is 1. The summed E-state index contributed by atoms with van der Waals surface area (Å²) in [6, 6.07) is 9.66. The van der Waals surface area contributed by atoms with Gasteiger partial charge in [0.1, 0.15) is 11.3 Å². The van der Waals surface area contributed by atoms with Gasteiger partial charge in [-0.05, 0) is 49.4 Å². The minimum Gasteiger partial charge on any atom is -0.507 e. The summed E-state index contributed by atoms with van der Waals surface area (Å²) < 4.78 is 35.7. The van der Waals surface area contributed by atoms with Gasteiger partial charge in [0.15, 0.2) is 0 Å². The molecule has 0 bridgehead atoms. The predicted octanol–water partition coefficient (Wildman–Crippen LogP) is 1.83. The first-order valence-electron chi connectivity index (χ1n) is 6.91. The number of phenolic OH excluding ortho intramolecular Hbond substituents is 1. The van der Waals surface area contributed by atoms with Gasteiger partial charge in [0, 0.05) is 62.5 Å². The summed E-state index contributed by atoms with van der Waals surface area (Å²) >= 11 is 0. The Morgan fingerprint density at radius 3 is 2.20 bits per heavy atom. The Bertz CT molecular complexity index is 924. The van der Waals surface area contributed by atoms with E-state index in [1.807, 2.05) is 0 Å². The van der Waals surface area contributed by atoms with E-state index in [1.165, 1.54) is 42.5 Å². The Balaban J connectivity index is 0.00000312. The van der Waals surface area contributed by atoms with Crippen LogP contribution in [-0.2, 0) is 14.9 Å². The van der Waals surface area contributed by atoms with Gasteiger partial charge in [-0.15, -0.1) is 0 Å². The molecule has 0 aliphatic rings. The number of aromatic hydroxyl groups is 1. The number of benzene rings is 2. The zero-order valence-electron chi connectivity index (χ0n) is 13.7. The molecular formula is C17H14KO6S. The van der Waals surface area contributed by atoms with Gasteiger partial charge in [0.2, 0.25) is 0 Å². The molecule has 0 unspecified atom stereocenters. The third-order valence-electron chi connectivity index (χ3n) is 3.00. The van der Waals surface area contributed by atoms with Crippen LogP contribution in [0.3, 0.4) is 0 Å². The van der Waals surface area contributed by atoms with E-state index < -0.39 is 16.1 Å². The van der Waals surface area contributed by atoms with Crippen molar-refractivity contribution in [1.29, 1.82) is 0 Å². The van der Waals surface area contributed by atoms with Gasteiger partial charge >= 0.3 is 5.97 Å². The molecule has 0 aliphatic heterocycles. The van der Waals surface area contributed by atoms with Crippen LogP contribution in [-0.4, -0.2) is 82.0 Å². The molecule has 0 atom stereocenters. The van der Waals surface area contributed by atoms with Gasteiger partial charge in [0.05, 0.1) is 11.5 Å². The van der Waals surface area contributed by atoms with E-state index in [-0.39, 0.29) is 74.2 Å². The first-order valence-corrected chi connectivity index (χ1v) is 8.35. The first-order chi connectivity index (χ1) is 11.3. The van der Waals surface area contributed by atoms with Crippen LogP contribution in [0.1, 0.15) is 28.4 Å². The van der Waals surface area contributed by atoms with Crippen molar-refractivity contribution < 1.29 is 27.6 Å². The molecule has 0 spiro atoms.